The molecule has 0 aromatic heterocycles. The normalized spacial score (nSPS) is 10.7. The van der Waals surface area contributed by atoms with Gasteiger partial charge in [0.2, 0.25) is 0 Å². The molecule has 0 aliphatic heterocycles. The molecule has 0 amide bonds. The van der Waals surface area contributed by atoms with Gasteiger partial charge in [0.1, 0.15) is 0 Å². The van der Waals surface area contributed by atoms with Crippen LogP contribution in [-0.2, 0) is 13.0 Å². The van der Waals surface area contributed by atoms with E-state index in [1.807, 2.05) is 18.2 Å². The summed E-state index contributed by atoms with van der Waals surface area (Å²) in [6.45, 7) is 4.49. The van der Waals surface area contributed by atoms with E-state index in [-0.39, 0.29) is 6.61 Å². The molecule has 0 aliphatic carbocycles. The molecule has 1 nitrogen and oxygen atoms in total. The van der Waals surface area contributed by atoms with Crippen LogP contribution < -0.4 is 0 Å². The highest BCUT2D eigenvalue weighted by Crippen LogP contribution is 2.26. The number of hydrogen-bond donors (Lipinski definition) is 1. The Morgan fingerprint density at radius 3 is 2.47 bits per heavy atom. The first-order chi connectivity index (χ1) is 9.26. The smallest absolute Gasteiger partial charge is 0.0687 e. The number of aryl methyl sites for hydroxylation is 2. The van der Waals surface area contributed by atoms with Crippen molar-refractivity contribution in [3.63, 3.8) is 0 Å². The molecule has 1 N–H and O–H groups in total. The Morgan fingerprint density at radius 1 is 1.00 bits per heavy atom. The summed E-state index contributed by atoms with van der Waals surface area (Å²) in [4.78, 5) is 0. The van der Waals surface area contributed by atoms with Crippen molar-refractivity contribution >= 4 is 0 Å². The molecule has 0 saturated carbocycles. The molecule has 0 atom stereocenters. The minimum atomic E-state index is 0.0901. The van der Waals surface area contributed by atoms with Crippen molar-refractivity contribution in [1.82, 2.24) is 0 Å². The third kappa shape index (κ3) is 3.24. The summed E-state index contributed by atoms with van der Waals surface area (Å²) < 4.78 is 0. The summed E-state index contributed by atoms with van der Waals surface area (Å²) in [6, 6.07) is 14.7. The molecule has 0 radical (unpaired) electrons. The highest BCUT2D eigenvalue weighted by molar-refractivity contribution is 5.68. The lowest BCUT2D eigenvalue weighted by Crippen LogP contribution is -1.93. The maximum absolute atomic E-state index is 9.42. The van der Waals surface area contributed by atoms with Crippen molar-refractivity contribution in [2.24, 2.45) is 0 Å². The Labute approximate surface area is 115 Å². The Kier molecular flexibility index (Phi) is 4.75. The summed E-state index contributed by atoms with van der Waals surface area (Å²) >= 11 is 0. The fourth-order valence-corrected chi connectivity index (χ4v) is 2.45. The number of rotatable bonds is 5. The lowest BCUT2D eigenvalue weighted by atomic mass is 9.95. The molecular formula is C18H22O. The molecule has 100 valence electrons. The summed E-state index contributed by atoms with van der Waals surface area (Å²) in [5.41, 5.74) is 6.10. The van der Waals surface area contributed by atoms with Gasteiger partial charge in [0, 0.05) is 0 Å². The molecule has 0 aliphatic rings. The van der Waals surface area contributed by atoms with Crippen LogP contribution in [0, 0.1) is 6.92 Å². The van der Waals surface area contributed by atoms with E-state index in [9.17, 15) is 5.11 Å². The van der Waals surface area contributed by atoms with E-state index in [0.29, 0.717) is 0 Å². The lowest BCUT2D eigenvalue weighted by molar-refractivity contribution is 0.282. The van der Waals surface area contributed by atoms with Crippen molar-refractivity contribution in [3.05, 3.63) is 59.2 Å². The average Bonchev–Trinajstić information content (AvgIpc) is 2.46. The third-order valence-corrected chi connectivity index (χ3v) is 3.64. The van der Waals surface area contributed by atoms with Gasteiger partial charge in [0.05, 0.1) is 6.61 Å². The van der Waals surface area contributed by atoms with Crippen molar-refractivity contribution in [3.8, 4) is 11.1 Å². The SMILES string of the molecule is CCCCc1ccc(-c2ccccc2CO)cc1C. The van der Waals surface area contributed by atoms with Crippen LogP contribution in [0.1, 0.15) is 36.5 Å². The first-order valence-electron chi connectivity index (χ1n) is 7.05. The van der Waals surface area contributed by atoms with Crippen LogP contribution in [0.25, 0.3) is 11.1 Å². The van der Waals surface area contributed by atoms with Crippen LogP contribution in [0.3, 0.4) is 0 Å². The van der Waals surface area contributed by atoms with E-state index in [0.717, 1.165) is 17.5 Å². The van der Waals surface area contributed by atoms with E-state index >= 15 is 0 Å². The molecule has 19 heavy (non-hydrogen) atoms. The lowest BCUT2D eigenvalue weighted by Gasteiger charge is -2.11. The summed E-state index contributed by atoms with van der Waals surface area (Å²) in [6.07, 6.45) is 3.63. The molecule has 0 heterocycles. The number of unbranched alkanes of at least 4 members (excludes halogenated alkanes) is 1. The molecule has 0 bridgehead atoms. The zero-order chi connectivity index (χ0) is 13.7. The van der Waals surface area contributed by atoms with E-state index in [2.05, 4.69) is 38.1 Å². The summed E-state index contributed by atoms with van der Waals surface area (Å²) in [7, 11) is 0. The van der Waals surface area contributed by atoms with E-state index in [1.165, 1.54) is 29.5 Å². The number of aliphatic hydroxyl groups is 1. The molecule has 0 fully saturated rings. The molecule has 0 saturated heterocycles. The molecule has 2 rings (SSSR count). The van der Waals surface area contributed by atoms with Gasteiger partial charge in [-0.3, -0.25) is 0 Å². The largest absolute Gasteiger partial charge is 0.392 e. The minimum absolute atomic E-state index is 0.0901. The van der Waals surface area contributed by atoms with Gasteiger partial charge < -0.3 is 5.11 Å². The van der Waals surface area contributed by atoms with Gasteiger partial charge >= 0.3 is 0 Å². The molecule has 1 heteroatoms. The highest BCUT2D eigenvalue weighted by Gasteiger charge is 2.05. The minimum Gasteiger partial charge on any atom is -0.392 e. The second-order valence-corrected chi connectivity index (χ2v) is 5.06. The second kappa shape index (κ2) is 6.53. The summed E-state index contributed by atoms with van der Waals surface area (Å²) in [5.74, 6) is 0. The quantitative estimate of drug-likeness (QED) is 0.833. The Bertz CT molecular complexity index is 543. The van der Waals surface area contributed by atoms with Crippen LogP contribution in [0.2, 0.25) is 0 Å². The van der Waals surface area contributed by atoms with Crippen molar-refractivity contribution in [1.29, 1.82) is 0 Å². The Balaban J connectivity index is 2.33. The number of aliphatic hydroxyl groups excluding tert-OH is 1. The highest BCUT2D eigenvalue weighted by atomic mass is 16.3. The van der Waals surface area contributed by atoms with Crippen LogP contribution in [0.5, 0.6) is 0 Å². The monoisotopic (exact) mass is 254 g/mol. The molecular weight excluding hydrogens is 232 g/mol. The molecule has 2 aromatic rings. The predicted molar refractivity (Wildman–Crippen MR) is 81.1 cm³/mol. The standard InChI is InChI=1S/C18H22O/c1-3-4-7-15-10-11-16(12-14(15)2)18-9-6-5-8-17(18)13-19/h5-6,8-12,19H,3-4,7,13H2,1-2H3. The fourth-order valence-electron chi connectivity index (χ4n) is 2.45. The van der Waals surface area contributed by atoms with Gasteiger partial charge in [0.15, 0.2) is 0 Å². The van der Waals surface area contributed by atoms with E-state index in [4.69, 9.17) is 0 Å². The topological polar surface area (TPSA) is 20.2 Å². The number of benzene rings is 2. The molecule has 0 unspecified atom stereocenters. The number of hydrogen-bond acceptors (Lipinski definition) is 1. The zero-order valence-electron chi connectivity index (χ0n) is 11.8. The fraction of sp³-hybridized carbons (Fsp3) is 0.333. The van der Waals surface area contributed by atoms with Gasteiger partial charge in [-0.1, -0.05) is 55.8 Å². The predicted octanol–water partition coefficient (Wildman–Crippen LogP) is 4.50. The third-order valence-electron chi connectivity index (χ3n) is 3.64. The van der Waals surface area contributed by atoms with Crippen LogP contribution in [0.15, 0.2) is 42.5 Å². The average molecular weight is 254 g/mol. The first-order valence-corrected chi connectivity index (χ1v) is 7.05. The van der Waals surface area contributed by atoms with Crippen LogP contribution in [-0.4, -0.2) is 5.11 Å². The van der Waals surface area contributed by atoms with Crippen molar-refractivity contribution in [2.45, 2.75) is 39.7 Å². The Hall–Kier alpha value is -1.60. The zero-order valence-corrected chi connectivity index (χ0v) is 11.8. The van der Waals surface area contributed by atoms with E-state index < -0.39 is 0 Å². The first kappa shape index (κ1) is 13.8. The van der Waals surface area contributed by atoms with Crippen LogP contribution in [0.4, 0.5) is 0 Å². The van der Waals surface area contributed by atoms with E-state index in [1.54, 1.807) is 0 Å². The van der Waals surface area contributed by atoms with Gasteiger partial charge in [-0.2, -0.15) is 0 Å². The summed E-state index contributed by atoms with van der Waals surface area (Å²) in [5, 5.41) is 9.42. The van der Waals surface area contributed by atoms with Crippen molar-refractivity contribution < 1.29 is 5.11 Å². The van der Waals surface area contributed by atoms with Crippen LogP contribution >= 0.6 is 0 Å². The Morgan fingerprint density at radius 2 is 1.79 bits per heavy atom. The van der Waals surface area contributed by atoms with Gasteiger partial charge in [-0.15, -0.1) is 0 Å². The molecule has 2 aromatic carbocycles. The van der Waals surface area contributed by atoms with Gasteiger partial charge in [-0.05, 0) is 47.6 Å². The maximum atomic E-state index is 9.42. The van der Waals surface area contributed by atoms with Gasteiger partial charge in [0.25, 0.3) is 0 Å². The second-order valence-electron chi connectivity index (χ2n) is 5.06. The molecule has 0 spiro atoms. The van der Waals surface area contributed by atoms with Crippen molar-refractivity contribution in [2.75, 3.05) is 0 Å². The maximum Gasteiger partial charge on any atom is 0.0687 e. The van der Waals surface area contributed by atoms with Gasteiger partial charge in [-0.25, -0.2) is 0 Å².